The molecular formula is C28H33N6O4S2-. The fraction of sp³-hybridized carbons (Fsp3) is 0.321. The summed E-state index contributed by atoms with van der Waals surface area (Å²) in [5.74, 6) is -0.121. The van der Waals surface area contributed by atoms with Crippen molar-refractivity contribution < 1.29 is 18.3 Å². The lowest BCUT2D eigenvalue weighted by Gasteiger charge is -2.32. The molecule has 3 aromatic carbocycles. The molecule has 5 rings (SSSR count). The van der Waals surface area contributed by atoms with Gasteiger partial charge in [0.15, 0.2) is 0 Å². The summed E-state index contributed by atoms with van der Waals surface area (Å²) in [7, 11) is 3.90. The van der Waals surface area contributed by atoms with Crippen LogP contribution in [0.1, 0.15) is 22.5 Å². The first kappa shape index (κ1) is 28.0. The molecule has 1 atom stereocenters. The third kappa shape index (κ3) is 5.39. The Morgan fingerprint density at radius 1 is 1.12 bits per heavy atom. The number of carbonyl (C=O) groups excluding carboxylic acids is 1. The predicted molar refractivity (Wildman–Crippen MR) is 164 cm³/mol. The smallest absolute Gasteiger partial charge is 0.260 e. The van der Waals surface area contributed by atoms with Crippen LogP contribution in [0.3, 0.4) is 0 Å². The van der Waals surface area contributed by atoms with Gasteiger partial charge in [0.05, 0.1) is 23.3 Å². The van der Waals surface area contributed by atoms with Gasteiger partial charge in [-0.1, -0.05) is 24.3 Å². The van der Waals surface area contributed by atoms with Crippen LogP contribution in [0.15, 0.2) is 48.5 Å². The Balaban J connectivity index is 1.46. The lowest BCUT2D eigenvalue weighted by atomic mass is 10.0. The first-order valence-corrected chi connectivity index (χ1v) is 14.9. The van der Waals surface area contributed by atoms with Gasteiger partial charge in [0, 0.05) is 77.4 Å². The molecule has 1 aliphatic rings. The van der Waals surface area contributed by atoms with Crippen LogP contribution in [0.25, 0.3) is 20.9 Å². The number of primary amides is 1. The predicted octanol–water partition coefficient (Wildman–Crippen LogP) is 3.41. The second-order valence-corrected chi connectivity index (χ2v) is 12.0. The van der Waals surface area contributed by atoms with Crippen LogP contribution in [0.2, 0.25) is 0 Å². The third-order valence-corrected chi connectivity index (χ3v) is 9.17. The zero-order chi connectivity index (χ0) is 28.6. The van der Waals surface area contributed by atoms with Crippen molar-refractivity contribution in [1.29, 1.82) is 0 Å². The molecule has 1 aromatic heterocycles. The summed E-state index contributed by atoms with van der Waals surface area (Å²) in [5.41, 5.74) is 20.8. The van der Waals surface area contributed by atoms with E-state index < -0.39 is 17.2 Å². The Labute approximate surface area is 239 Å². The molecule has 212 valence electrons. The largest absolute Gasteiger partial charge is 0.755 e. The van der Waals surface area contributed by atoms with Crippen LogP contribution in [0, 0.1) is 0 Å². The molecule has 1 amide bonds. The highest BCUT2D eigenvalue weighted by molar-refractivity contribution is 7.80. The Kier molecular flexibility index (Phi) is 8.04. The minimum Gasteiger partial charge on any atom is -0.755 e. The van der Waals surface area contributed by atoms with Crippen molar-refractivity contribution in [2.45, 2.75) is 18.9 Å². The molecule has 12 heteroatoms. The molecule has 6 N–H and O–H groups in total. The second-order valence-electron chi connectivity index (χ2n) is 10.1. The number of anilines is 4. The van der Waals surface area contributed by atoms with Gasteiger partial charge in [-0.05, 0) is 31.0 Å². The van der Waals surface area contributed by atoms with Crippen molar-refractivity contribution in [1.82, 2.24) is 0 Å². The van der Waals surface area contributed by atoms with Gasteiger partial charge in [-0.2, -0.15) is 0 Å². The maximum Gasteiger partial charge on any atom is 0.260 e. The van der Waals surface area contributed by atoms with E-state index in [1.807, 2.05) is 61.5 Å². The topological polar surface area (TPSA) is 154 Å². The molecule has 40 heavy (non-hydrogen) atoms. The van der Waals surface area contributed by atoms with E-state index in [9.17, 15) is 13.6 Å². The number of nitrogens with two attached hydrogens (primary N) is 3. The minimum atomic E-state index is -2.54. The van der Waals surface area contributed by atoms with Crippen molar-refractivity contribution in [3.05, 3.63) is 53.4 Å². The van der Waals surface area contributed by atoms with Crippen molar-refractivity contribution in [2.24, 2.45) is 11.5 Å². The minimum absolute atomic E-state index is 0.0579. The molecule has 0 aliphatic carbocycles. The number of nitrogen functional groups attached to an aromatic ring is 1. The molecule has 1 unspecified atom stereocenters. The van der Waals surface area contributed by atoms with Crippen molar-refractivity contribution in [2.75, 3.05) is 60.2 Å². The standard InChI is InChI=1S/C28H34N6O4S2/c1-32(2)21-7-3-6-20-19(21)5-4-8-22(20)34(40(36)37)13-14-38-23-15-18(33-11-9-17(29)10-12-33)16-24-25(23)26(30)27(39-24)28(31)35/h3-8,15-17H,9-14,29-30H2,1-2H3,(H2,31,35)(H,36,37)/p-1. The lowest BCUT2D eigenvalue weighted by Crippen LogP contribution is -2.39. The van der Waals surface area contributed by atoms with Gasteiger partial charge in [-0.15, -0.1) is 11.3 Å². The van der Waals surface area contributed by atoms with Crippen LogP contribution in [0.4, 0.5) is 22.7 Å². The number of nitrogens with zero attached hydrogens (tertiary/aromatic N) is 3. The summed E-state index contributed by atoms with van der Waals surface area (Å²) < 4.78 is 33.1. The number of benzene rings is 3. The second kappa shape index (κ2) is 11.5. The van der Waals surface area contributed by atoms with Crippen molar-refractivity contribution in [3.63, 3.8) is 0 Å². The molecule has 0 saturated carbocycles. The van der Waals surface area contributed by atoms with E-state index >= 15 is 0 Å². The van der Waals surface area contributed by atoms with Crippen molar-refractivity contribution in [3.8, 4) is 5.75 Å². The van der Waals surface area contributed by atoms with E-state index in [4.69, 9.17) is 21.9 Å². The molecule has 2 heterocycles. The van der Waals surface area contributed by atoms with E-state index in [-0.39, 0.29) is 29.8 Å². The molecule has 0 radical (unpaired) electrons. The number of hydrogen-bond acceptors (Lipinski definition) is 9. The fourth-order valence-electron chi connectivity index (χ4n) is 5.24. The number of fused-ring (bicyclic) bond motifs is 2. The Hall–Kier alpha value is -3.58. The first-order chi connectivity index (χ1) is 19.2. The van der Waals surface area contributed by atoms with E-state index in [0.717, 1.165) is 52.8 Å². The van der Waals surface area contributed by atoms with Gasteiger partial charge < -0.3 is 36.3 Å². The lowest BCUT2D eigenvalue weighted by molar-refractivity contribution is 0.100. The monoisotopic (exact) mass is 581 g/mol. The quantitative estimate of drug-likeness (QED) is 0.254. The van der Waals surface area contributed by atoms with Gasteiger partial charge in [0.2, 0.25) is 0 Å². The number of amides is 1. The van der Waals surface area contributed by atoms with Gasteiger partial charge in [-0.3, -0.25) is 13.3 Å². The molecule has 1 fully saturated rings. The summed E-state index contributed by atoms with van der Waals surface area (Å²) >= 11 is -1.32. The van der Waals surface area contributed by atoms with Crippen LogP contribution < -0.4 is 36.0 Å². The van der Waals surface area contributed by atoms with Crippen molar-refractivity contribution >= 4 is 72.1 Å². The Morgan fingerprint density at radius 3 is 2.40 bits per heavy atom. The van der Waals surface area contributed by atoms with Gasteiger partial charge in [0.25, 0.3) is 5.91 Å². The highest BCUT2D eigenvalue weighted by Crippen LogP contribution is 2.43. The van der Waals surface area contributed by atoms with E-state index in [1.54, 1.807) is 6.07 Å². The third-order valence-electron chi connectivity index (χ3n) is 7.26. The highest BCUT2D eigenvalue weighted by atomic mass is 32.2. The maximum absolute atomic E-state index is 12.4. The first-order valence-electron chi connectivity index (χ1n) is 13.0. The number of carbonyl (C=O) groups is 1. The molecule has 10 nitrogen and oxygen atoms in total. The molecule has 4 aromatic rings. The molecule has 1 aliphatic heterocycles. The molecule has 0 bridgehead atoms. The maximum atomic E-state index is 12.4. The summed E-state index contributed by atoms with van der Waals surface area (Å²) in [6, 6.07) is 15.5. The normalized spacial score (nSPS) is 14.9. The van der Waals surface area contributed by atoms with Crippen LogP contribution >= 0.6 is 11.3 Å². The summed E-state index contributed by atoms with van der Waals surface area (Å²) in [5, 5.41) is 2.37. The highest BCUT2D eigenvalue weighted by Gasteiger charge is 2.23. The SMILES string of the molecule is CN(C)c1cccc2c(N(CCOc3cc(N4CCC(N)CC4)cc4sc(C(N)=O)c(N)c34)S(=O)[O-])cccc12. The number of hydrogen-bond donors (Lipinski definition) is 3. The Morgan fingerprint density at radius 2 is 1.77 bits per heavy atom. The average Bonchev–Trinajstić information content (AvgIpc) is 3.27. The van der Waals surface area contributed by atoms with Crippen LogP contribution in [0.5, 0.6) is 5.75 Å². The molecule has 1 saturated heterocycles. The van der Waals surface area contributed by atoms with E-state index in [0.29, 0.717) is 16.8 Å². The summed E-state index contributed by atoms with van der Waals surface area (Å²) in [4.78, 5) is 16.5. The van der Waals surface area contributed by atoms with Gasteiger partial charge in [0.1, 0.15) is 17.2 Å². The Bertz CT molecular complexity index is 1580. The number of rotatable bonds is 9. The zero-order valence-electron chi connectivity index (χ0n) is 22.5. The van der Waals surface area contributed by atoms with Crippen LogP contribution in [-0.4, -0.2) is 61.0 Å². The van der Waals surface area contributed by atoms with E-state index in [1.165, 1.54) is 15.6 Å². The van der Waals surface area contributed by atoms with Gasteiger partial charge in [-0.25, -0.2) is 0 Å². The molecule has 0 spiro atoms. The number of ether oxygens (including phenoxy) is 1. The molecular weight excluding hydrogens is 548 g/mol. The van der Waals surface area contributed by atoms with E-state index in [2.05, 4.69) is 4.90 Å². The summed E-state index contributed by atoms with van der Waals surface area (Å²) in [6.07, 6.45) is 1.75. The number of piperidine rings is 1. The van der Waals surface area contributed by atoms with Crippen LogP contribution in [-0.2, 0) is 11.3 Å². The fourth-order valence-corrected chi connectivity index (χ4v) is 6.80. The number of thiophene rings is 1. The van der Waals surface area contributed by atoms with Gasteiger partial charge >= 0.3 is 0 Å². The zero-order valence-corrected chi connectivity index (χ0v) is 24.1. The average molecular weight is 582 g/mol. The summed E-state index contributed by atoms with van der Waals surface area (Å²) in [6.45, 7) is 1.73.